The molecule has 0 saturated heterocycles. The van der Waals surface area contributed by atoms with Gasteiger partial charge in [-0.1, -0.05) is 115 Å². The van der Waals surface area contributed by atoms with E-state index < -0.39 is 11.7 Å². The van der Waals surface area contributed by atoms with Crippen LogP contribution in [0.25, 0.3) is 88.4 Å². The van der Waals surface area contributed by atoms with Gasteiger partial charge in [-0.05, 0) is 95.8 Å². The molecule has 2 aromatic heterocycles. The smallest absolute Gasteiger partial charge is 0.307 e. The summed E-state index contributed by atoms with van der Waals surface area (Å²) in [7, 11) is 0. The maximum absolute atomic E-state index is 15.0. The van der Waals surface area contributed by atoms with Crippen molar-refractivity contribution in [3.63, 3.8) is 0 Å². The minimum Gasteiger partial charge on any atom is -0.307 e. The summed E-state index contributed by atoms with van der Waals surface area (Å²) in [6.45, 7) is 4.14. The Labute approximate surface area is 343 Å². The van der Waals surface area contributed by atoms with Crippen LogP contribution in [-0.2, 0) is 6.18 Å². The lowest BCUT2D eigenvalue weighted by Gasteiger charge is -2.21. The first-order chi connectivity index (χ1) is 29.2. The monoisotopic (exact) mass is 782 g/mol. The van der Waals surface area contributed by atoms with Gasteiger partial charge in [0.1, 0.15) is 0 Å². The number of nitrogens with zero attached hydrogens (tertiary/aromatic N) is 4. The zero-order valence-electron chi connectivity index (χ0n) is 32.5. The van der Waals surface area contributed by atoms with E-state index in [2.05, 4.69) is 95.8 Å². The molecule has 0 aliphatic carbocycles. The molecule has 0 atom stereocenters. The Morgan fingerprint density at radius 3 is 1.40 bits per heavy atom. The summed E-state index contributed by atoms with van der Waals surface area (Å²) in [6.07, 6.45) is -4.80. The number of aromatic nitrogens is 2. The normalized spacial score (nSPS) is 11.7. The van der Waals surface area contributed by atoms with Gasteiger partial charge in [0.2, 0.25) is 0 Å². The number of alkyl halides is 3. The number of benzene rings is 8. The minimum absolute atomic E-state index is 0.00399. The molecular formula is C53H33F3N4. The lowest BCUT2D eigenvalue weighted by atomic mass is 9.90. The highest BCUT2D eigenvalue weighted by atomic mass is 19.4. The fourth-order valence-corrected chi connectivity index (χ4v) is 9.00. The van der Waals surface area contributed by atoms with Crippen LogP contribution in [0.15, 0.2) is 164 Å². The van der Waals surface area contributed by atoms with E-state index in [0.717, 1.165) is 83.1 Å². The van der Waals surface area contributed by atoms with Crippen LogP contribution < -0.4 is 0 Å². The van der Waals surface area contributed by atoms with E-state index in [1.165, 1.54) is 12.1 Å². The SMILES string of the molecule is Cc1ccccc1-c1ccc2c3ccccc3n(-c3cc(C#N)c(-c4c(C#N)cccc4C(F)(F)F)cc3-n3c4ccccc4c4ccc(-c5ccccc5C)cc43)c2c1. The van der Waals surface area contributed by atoms with E-state index in [1.807, 2.05) is 72.8 Å². The fraction of sp³-hybridized carbons (Fsp3) is 0.0566. The molecule has 4 nitrogen and oxygen atoms in total. The molecule has 0 aliphatic heterocycles. The molecule has 0 saturated carbocycles. The second kappa shape index (κ2) is 13.9. The molecule has 10 rings (SSSR count). The third-order valence-corrected chi connectivity index (χ3v) is 11.7. The van der Waals surface area contributed by atoms with Crippen molar-refractivity contribution in [3.05, 3.63) is 192 Å². The number of nitriles is 2. The quantitative estimate of drug-likeness (QED) is 0.175. The van der Waals surface area contributed by atoms with Crippen LogP contribution in [0.2, 0.25) is 0 Å². The van der Waals surface area contributed by atoms with Gasteiger partial charge in [-0.25, -0.2) is 0 Å². The molecular weight excluding hydrogens is 750 g/mol. The summed E-state index contributed by atoms with van der Waals surface area (Å²) in [5.41, 5.74) is 9.38. The zero-order chi connectivity index (χ0) is 41.3. The van der Waals surface area contributed by atoms with Gasteiger partial charge in [0, 0.05) is 32.7 Å². The van der Waals surface area contributed by atoms with Crippen molar-refractivity contribution in [1.82, 2.24) is 9.13 Å². The Morgan fingerprint density at radius 1 is 0.433 bits per heavy atom. The van der Waals surface area contributed by atoms with Crippen LogP contribution in [0.3, 0.4) is 0 Å². The Bertz CT molecular complexity index is 3480. The molecule has 10 aromatic rings. The summed E-state index contributed by atoms with van der Waals surface area (Å²) in [5.74, 6) is 0. The highest BCUT2D eigenvalue weighted by molar-refractivity contribution is 6.13. The molecule has 60 heavy (non-hydrogen) atoms. The van der Waals surface area contributed by atoms with Crippen LogP contribution in [-0.4, -0.2) is 9.13 Å². The molecule has 8 aromatic carbocycles. The van der Waals surface area contributed by atoms with Crippen molar-refractivity contribution in [2.75, 3.05) is 0 Å². The molecule has 0 N–H and O–H groups in total. The highest BCUT2D eigenvalue weighted by Gasteiger charge is 2.36. The fourth-order valence-electron chi connectivity index (χ4n) is 9.00. The molecule has 0 amide bonds. The number of para-hydroxylation sites is 2. The van der Waals surface area contributed by atoms with Gasteiger partial charge >= 0.3 is 6.18 Å². The van der Waals surface area contributed by atoms with Gasteiger partial charge in [-0.2, -0.15) is 23.7 Å². The van der Waals surface area contributed by atoms with Crippen LogP contribution >= 0.6 is 0 Å². The Balaban J connectivity index is 1.40. The number of hydrogen-bond donors (Lipinski definition) is 0. The molecule has 0 unspecified atom stereocenters. The molecule has 7 heteroatoms. The van der Waals surface area contributed by atoms with Crippen LogP contribution in [0.1, 0.15) is 27.8 Å². The van der Waals surface area contributed by atoms with Gasteiger partial charge in [0.05, 0.1) is 62.3 Å². The lowest BCUT2D eigenvalue weighted by molar-refractivity contribution is -0.137. The van der Waals surface area contributed by atoms with Crippen molar-refractivity contribution >= 4 is 43.6 Å². The number of aryl methyl sites for hydroxylation is 2. The van der Waals surface area contributed by atoms with Gasteiger partial charge < -0.3 is 9.13 Å². The van der Waals surface area contributed by atoms with E-state index in [0.29, 0.717) is 11.4 Å². The van der Waals surface area contributed by atoms with Crippen molar-refractivity contribution < 1.29 is 13.2 Å². The molecule has 0 radical (unpaired) electrons. The maximum atomic E-state index is 15.0. The number of hydrogen-bond acceptors (Lipinski definition) is 2. The van der Waals surface area contributed by atoms with Gasteiger partial charge in [0.15, 0.2) is 0 Å². The average molecular weight is 783 g/mol. The third kappa shape index (κ3) is 5.67. The Kier molecular flexibility index (Phi) is 8.45. The second-order valence-corrected chi connectivity index (χ2v) is 15.1. The predicted octanol–water partition coefficient (Wildman–Crippen LogP) is 14.3. The average Bonchev–Trinajstić information content (AvgIpc) is 3.77. The summed E-state index contributed by atoms with van der Waals surface area (Å²) in [6, 6.07) is 56.3. The van der Waals surface area contributed by atoms with Crippen LogP contribution in [0.4, 0.5) is 13.2 Å². The van der Waals surface area contributed by atoms with Crippen LogP contribution in [0, 0.1) is 36.5 Å². The minimum atomic E-state index is -4.80. The molecule has 286 valence electrons. The van der Waals surface area contributed by atoms with Crippen molar-refractivity contribution in [2.45, 2.75) is 20.0 Å². The van der Waals surface area contributed by atoms with Gasteiger partial charge in [-0.15, -0.1) is 0 Å². The number of halogens is 3. The standard InChI is InChI=1S/C53H33F3N4/c1-32-12-3-5-15-38(32)34-22-24-42-40-17-7-9-20-46(40)59(48(42)26-34)50-28-37(31-58)44(52-36(30-57)14-11-19-45(52)53(54,55)56)29-51(50)60-47-21-10-8-18-41(47)43-25-23-35(27-49(43)60)39-16-6-4-13-33(39)2/h3-29H,1-2H3. The predicted molar refractivity (Wildman–Crippen MR) is 235 cm³/mol. The molecule has 0 aliphatic rings. The molecule has 0 bridgehead atoms. The summed E-state index contributed by atoms with van der Waals surface area (Å²) in [5, 5.41) is 25.1. The largest absolute Gasteiger partial charge is 0.417 e. The zero-order valence-corrected chi connectivity index (χ0v) is 32.5. The lowest BCUT2D eigenvalue weighted by Crippen LogP contribution is -2.10. The number of fused-ring (bicyclic) bond motifs is 6. The summed E-state index contributed by atoms with van der Waals surface area (Å²) < 4.78 is 49.1. The van der Waals surface area contributed by atoms with E-state index >= 15 is 0 Å². The van der Waals surface area contributed by atoms with E-state index in [-0.39, 0.29) is 22.3 Å². The topological polar surface area (TPSA) is 57.4 Å². The third-order valence-electron chi connectivity index (χ3n) is 11.7. The first-order valence-corrected chi connectivity index (χ1v) is 19.5. The maximum Gasteiger partial charge on any atom is 0.417 e. The molecule has 0 spiro atoms. The summed E-state index contributed by atoms with van der Waals surface area (Å²) >= 11 is 0. The van der Waals surface area contributed by atoms with Gasteiger partial charge in [0.25, 0.3) is 0 Å². The van der Waals surface area contributed by atoms with Crippen molar-refractivity contribution in [2.24, 2.45) is 0 Å². The van der Waals surface area contributed by atoms with Crippen LogP contribution in [0.5, 0.6) is 0 Å². The van der Waals surface area contributed by atoms with E-state index in [1.54, 1.807) is 12.1 Å². The van der Waals surface area contributed by atoms with Crippen molar-refractivity contribution in [3.8, 4) is 56.9 Å². The highest BCUT2D eigenvalue weighted by Crippen LogP contribution is 2.45. The summed E-state index contributed by atoms with van der Waals surface area (Å²) in [4.78, 5) is 0. The molecule has 0 fully saturated rings. The first-order valence-electron chi connectivity index (χ1n) is 19.5. The van der Waals surface area contributed by atoms with E-state index in [9.17, 15) is 23.7 Å². The number of rotatable bonds is 5. The van der Waals surface area contributed by atoms with E-state index in [4.69, 9.17) is 0 Å². The van der Waals surface area contributed by atoms with Crippen molar-refractivity contribution in [1.29, 1.82) is 10.5 Å². The Morgan fingerprint density at radius 2 is 0.900 bits per heavy atom. The molecule has 2 heterocycles. The Hall–Kier alpha value is -7.87. The first kappa shape index (κ1) is 36.5. The van der Waals surface area contributed by atoms with Gasteiger partial charge in [-0.3, -0.25) is 0 Å². The second-order valence-electron chi connectivity index (χ2n) is 15.1.